The summed E-state index contributed by atoms with van der Waals surface area (Å²) in [4.78, 5) is 24.4. The van der Waals surface area contributed by atoms with Crippen molar-refractivity contribution in [2.24, 2.45) is 7.05 Å². The molecule has 0 aliphatic carbocycles. The molecule has 1 aromatic rings. The van der Waals surface area contributed by atoms with Crippen LogP contribution in [-0.4, -0.2) is 44.3 Å². The summed E-state index contributed by atoms with van der Waals surface area (Å²) in [6, 6.07) is 1.36. The first kappa shape index (κ1) is 14.2. The zero-order valence-corrected chi connectivity index (χ0v) is 11.2. The second-order valence-electron chi connectivity index (χ2n) is 4.33. The van der Waals surface area contributed by atoms with Gasteiger partial charge in [0, 0.05) is 25.3 Å². The smallest absolute Gasteiger partial charge is 0.305 e. The molecule has 1 unspecified atom stereocenters. The fraction of sp³-hybridized carbons (Fsp3) is 0.583. The summed E-state index contributed by atoms with van der Waals surface area (Å²) < 4.78 is 1.63. The molecule has 0 saturated heterocycles. The number of hydrogen-bond acceptors (Lipinski definition) is 3. The van der Waals surface area contributed by atoms with Crippen molar-refractivity contribution >= 4 is 11.9 Å². The van der Waals surface area contributed by atoms with E-state index in [9.17, 15) is 9.59 Å². The fourth-order valence-corrected chi connectivity index (χ4v) is 1.83. The van der Waals surface area contributed by atoms with Crippen LogP contribution in [0.4, 0.5) is 0 Å². The van der Waals surface area contributed by atoms with Crippen LogP contribution in [0.5, 0.6) is 0 Å². The number of aryl methyl sites for hydroxylation is 2. The number of aliphatic carboxylic acids is 1. The van der Waals surface area contributed by atoms with Crippen molar-refractivity contribution in [3.8, 4) is 0 Å². The second-order valence-corrected chi connectivity index (χ2v) is 4.33. The predicted octanol–water partition coefficient (Wildman–Crippen LogP) is 1.05. The van der Waals surface area contributed by atoms with Gasteiger partial charge in [-0.15, -0.1) is 0 Å². The number of amides is 1. The van der Waals surface area contributed by atoms with Gasteiger partial charge in [0.1, 0.15) is 0 Å². The normalized spacial score (nSPS) is 12.2. The van der Waals surface area contributed by atoms with Gasteiger partial charge in [0.2, 0.25) is 0 Å². The van der Waals surface area contributed by atoms with Gasteiger partial charge in [-0.2, -0.15) is 5.10 Å². The number of aromatic nitrogens is 2. The number of carboxylic acids is 1. The lowest BCUT2D eigenvalue weighted by Crippen LogP contribution is -2.39. The van der Waals surface area contributed by atoms with E-state index in [1.165, 1.54) is 4.90 Å². The van der Waals surface area contributed by atoms with Crippen molar-refractivity contribution in [3.63, 3.8) is 0 Å². The molecule has 1 amide bonds. The first-order valence-corrected chi connectivity index (χ1v) is 5.90. The molecule has 0 radical (unpaired) electrons. The number of hydrogen-bond donors (Lipinski definition) is 1. The van der Waals surface area contributed by atoms with Crippen LogP contribution < -0.4 is 0 Å². The molecule has 1 atom stereocenters. The molecule has 0 bridgehead atoms. The lowest BCUT2D eigenvalue weighted by molar-refractivity contribution is -0.138. The number of nitrogens with zero attached hydrogens (tertiary/aromatic N) is 3. The Morgan fingerprint density at radius 3 is 2.56 bits per heavy atom. The highest BCUT2D eigenvalue weighted by Gasteiger charge is 2.23. The highest BCUT2D eigenvalue weighted by atomic mass is 16.4. The highest BCUT2D eigenvalue weighted by Crippen LogP contribution is 2.11. The average Bonchev–Trinajstić information content (AvgIpc) is 2.59. The van der Waals surface area contributed by atoms with Crippen LogP contribution in [0.1, 0.15) is 36.5 Å². The van der Waals surface area contributed by atoms with E-state index >= 15 is 0 Å². The number of carbonyl (C=O) groups excluding carboxylic acids is 1. The summed E-state index contributed by atoms with van der Waals surface area (Å²) >= 11 is 0. The maximum absolute atomic E-state index is 12.2. The Morgan fingerprint density at radius 2 is 2.17 bits per heavy atom. The van der Waals surface area contributed by atoms with Gasteiger partial charge in [-0.3, -0.25) is 14.3 Å². The Labute approximate surface area is 106 Å². The third kappa shape index (κ3) is 3.09. The van der Waals surface area contributed by atoms with E-state index in [1.54, 1.807) is 24.7 Å². The van der Waals surface area contributed by atoms with Crippen LogP contribution >= 0.6 is 0 Å². The van der Waals surface area contributed by atoms with Gasteiger partial charge in [0.25, 0.3) is 5.91 Å². The van der Waals surface area contributed by atoms with Crippen LogP contribution in [0.2, 0.25) is 0 Å². The van der Waals surface area contributed by atoms with Crippen molar-refractivity contribution in [2.75, 3.05) is 6.54 Å². The maximum atomic E-state index is 12.2. The number of carboxylic acid groups (broad SMARTS) is 1. The summed E-state index contributed by atoms with van der Waals surface area (Å²) in [5.41, 5.74) is 1.24. The lowest BCUT2D eigenvalue weighted by atomic mass is 10.2. The molecule has 100 valence electrons. The van der Waals surface area contributed by atoms with Crippen LogP contribution in [0, 0.1) is 6.92 Å². The Balaban J connectivity index is 2.88. The average molecular weight is 253 g/mol. The molecule has 0 fully saturated rings. The largest absolute Gasteiger partial charge is 0.481 e. The van der Waals surface area contributed by atoms with Gasteiger partial charge in [0.05, 0.1) is 6.42 Å². The van der Waals surface area contributed by atoms with E-state index in [0.29, 0.717) is 12.2 Å². The molecule has 1 rings (SSSR count). The van der Waals surface area contributed by atoms with Gasteiger partial charge >= 0.3 is 5.97 Å². The second kappa shape index (κ2) is 5.66. The Bertz CT molecular complexity index is 434. The van der Waals surface area contributed by atoms with Gasteiger partial charge < -0.3 is 10.0 Å². The van der Waals surface area contributed by atoms with Crippen molar-refractivity contribution in [1.29, 1.82) is 0 Å². The lowest BCUT2D eigenvalue weighted by Gasteiger charge is -2.26. The molecule has 1 aromatic heterocycles. The molecule has 0 aliphatic rings. The van der Waals surface area contributed by atoms with Crippen molar-refractivity contribution in [3.05, 3.63) is 17.5 Å². The molecular formula is C12H19N3O3. The Kier molecular flexibility index (Phi) is 4.47. The molecule has 0 saturated carbocycles. The van der Waals surface area contributed by atoms with E-state index in [0.717, 1.165) is 5.69 Å². The highest BCUT2D eigenvalue weighted by molar-refractivity contribution is 5.92. The summed E-state index contributed by atoms with van der Waals surface area (Å²) in [6.07, 6.45) is -0.0641. The third-order valence-electron chi connectivity index (χ3n) is 2.94. The minimum absolute atomic E-state index is 0.0641. The molecule has 6 nitrogen and oxygen atoms in total. The topological polar surface area (TPSA) is 75.4 Å². The van der Waals surface area contributed by atoms with Crippen LogP contribution in [0.25, 0.3) is 0 Å². The first-order chi connectivity index (χ1) is 8.36. The fourth-order valence-electron chi connectivity index (χ4n) is 1.83. The molecule has 1 N–H and O–H groups in total. The summed E-state index contributed by atoms with van der Waals surface area (Å²) in [7, 11) is 1.77. The van der Waals surface area contributed by atoms with Crippen molar-refractivity contribution < 1.29 is 14.7 Å². The molecule has 0 aromatic carbocycles. The van der Waals surface area contributed by atoms with Gasteiger partial charge in [-0.25, -0.2) is 0 Å². The molecule has 0 aliphatic heterocycles. The quantitative estimate of drug-likeness (QED) is 0.851. The zero-order chi connectivity index (χ0) is 13.9. The van der Waals surface area contributed by atoms with E-state index in [4.69, 9.17) is 5.11 Å². The number of rotatable bonds is 5. The standard InChI is InChI=1S/C12H19N3O3/c1-5-15(9(3)7-11(16)17)12(18)10-6-8(2)14(4)13-10/h6,9H,5,7H2,1-4H3,(H,16,17). The number of carbonyl (C=O) groups is 2. The summed E-state index contributed by atoms with van der Waals surface area (Å²) in [6.45, 7) is 5.88. The van der Waals surface area contributed by atoms with Crippen LogP contribution in [0.15, 0.2) is 6.07 Å². The van der Waals surface area contributed by atoms with E-state index in [1.807, 2.05) is 13.8 Å². The van der Waals surface area contributed by atoms with E-state index in [2.05, 4.69) is 5.10 Å². The molecule has 18 heavy (non-hydrogen) atoms. The van der Waals surface area contributed by atoms with Gasteiger partial charge in [-0.05, 0) is 26.8 Å². The predicted molar refractivity (Wildman–Crippen MR) is 66.4 cm³/mol. The van der Waals surface area contributed by atoms with E-state index in [-0.39, 0.29) is 18.4 Å². The maximum Gasteiger partial charge on any atom is 0.305 e. The molecule has 0 spiro atoms. The Morgan fingerprint density at radius 1 is 1.56 bits per heavy atom. The minimum Gasteiger partial charge on any atom is -0.481 e. The van der Waals surface area contributed by atoms with Crippen LogP contribution in [-0.2, 0) is 11.8 Å². The van der Waals surface area contributed by atoms with Crippen molar-refractivity contribution in [2.45, 2.75) is 33.2 Å². The Hall–Kier alpha value is -1.85. The monoisotopic (exact) mass is 253 g/mol. The molecule has 1 heterocycles. The summed E-state index contributed by atoms with van der Waals surface area (Å²) in [5.74, 6) is -1.14. The molecule has 6 heteroatoms. The molecular weight excluding hydrogens is 234 g/mol. The summed E-state index contributed by atoms with van der Waals surface area (Å²) in [5, 5.41) is 12.9. The van der Waals surface area contributed by atoms with Crippen molar-refractivity contribution in [1.82, 2.24) is 14.7 Å². The SMILES string of the molecule is CCN(C(=O)c1cc(C)n(C)n1)C(C)CC(=O)O. The minimum atomic E-state index is -0.911. The third-order valence-corrected chi connectivity index (χ3v) is 2.94. The van der Waals surface area contributed by atoms with Crippen LogP contribution in [0.3, 0.4) is 0 Å². The van der Waals surface area contributed by atoms with E-state index < -0.39 is 5.97 Å². The first-order valence-electron chi connectivity index (χ1n) is 5.90. The van der Waals surface area contributed by atoms with Gasteiger partial charge in [0.15, 0.2) is 5.69 Å². The van der Waals surface area contributed by atoms with Gasteiger partial charge in [-0.1, -0.05) is 0 Å². The zero-order valence-electron chi connectivity index (χ0n) is 11.2.